The molecule has 116 valence electrons. The molecule has 1 aromatic heterocycles. The number of aromatic carboxylic acids is 1. The molecule has 5 nitrogen and oxygen atoms in total. The van der Waals surface area contributed by atoms with Crippen molar-refractivity contribution in [2.75, 3.05) is 38.1 Å². The molecule has 0 aliphatic carbocycles. The Morgan fingerprint density at radius 1 is 1.18 bits per heavy atom. The number of carboxylic acids is 1. The summed E-state index contributed by atoms with van der Waals surface area (Å²) in [6.07, 6.45) is 0. The standard InChI is InChI=1S/C15H15F2N3O2/c1-19-2-4-20(5-3-19)13-8-12(15(21)22)18-11-7-9(16)6-10(17)14(11)13/h6-8H,2-5H2,1H3,(H,21,22). The van der Waals surface area contributed by atoms with Gasteiger partial charge in [0.15, 0.2) is 5.69 Å². The minimum absolute atomic E-state index is 0.0197. The molecular formula is C15H15F2N3O2. The van der Waals surface area contributed by atoms with E-state index in [4.69, 9.17) is 0 Å². The second-order valence-electron chi connectivity index (χ2n) is 5.40. The van der Waals surface area contributed by atoms with Gasteiger partial charge in [-0.05, 0) is 13.1 Å². The van der Waals surface area contributed by atoms with Crippen LogP contribution in [-0.2, 0) is 0 Å². The van der Waals surface area contributed by atoms with Crippen molar-refractivity contribution in [1.82, 2.24) is 9.88 Å². The summed E-state index contributed by atoms with van der Waals surface area (Å²) in [4.78, 5) is 19.1. The maximum absolute atomic E-state index is 14.2. The van der Waals surface area contributed by atoms with Gasteiger partial charge < -0.3 is 14.9 Å². The van der Waals surface area contributed by atoms with Crippen LogP contribution in [0.5, 0.6) is 0 Å². The Balaban J connectivity index is 2.19. The van der Waals surface area contributed by atoms with E-state index in [1.54, 1.807) is 0 Å². The molecule has 1 aromatic carbocycles. The van der Waals surface area contributed by atoms with Crippen molar-refractivity contribution in [3.8, 4) is 0 Å². The number of aromatic nitrogens is 1. The molecule has 7 heteroatoms. The topological polar surface area (TPSA) is 56.7 Å². The zero-order valence-corrected chi connectivity index (χ0v) is 12.0. The van der Waals surface area contributed by atoms with Crippen LogP contribution >= 0.6 is 0 Å². The molecule has 0 bridgehead atoms. The van der Waals surface area contributed by atoms with E-state index >= 15 is 0 Å². The molecule has 3 rings (SSSR count). The Morgan fingerprint density at radius 2 is 1.86 bits per heavy atom. The molecule has 0 saturated carbocycles. The van der Waals surface area contributed by atoms with Crippen molar-refractivity contribution in [2.45, 2.75) is 0 Å². The third kappa shape index (κ3) is 2.59. The molecule has 1 aliphatic rings. The van der Waals surface area contributed by atoms with Crippen LogP contribution < -0.4 is 4.90 Å². The van der Waals surface area contributed by atoms with Gasteiger partial charge in [0.25, 0.3) is 0 Å². The first-order chi connectivity index (χ1) is 10.5. The smallest absolute Gasteiger partial charge is 0.354 e. The predicted molar refractivity (Wildman–Crippen MR) is 78.3 cm³/mol. The van der Waals surface area contributed by atoms with E-state index in [0.29, 0.717) is 18.8 Å². The van der Waals surface area contributed by atoms with Crippen LogP contribution in [0, 0.1) is 11.6 Å². The van der Waals surface area contributed by atoms with Crippen molar-refractivity contribution in [3.05, 3.63) is 35.5 Å². The molecular weight excluding hydrogens is 292 g/mol. The van der Waals surface area contributed by atoms with Crippen LogP contribution in [0.25, 0.3) is 10.9 Å². The maximum Gasteiger partial charge on any atom is 0.354 e. The first-order valence-electron chi connectivity index (χ1n) is 6.92. The number of likely N-dealkylation sites (N-methyl/N-ethyl adjacent to an activating group) is 1. The average Bonchev–Trinajstić information content (AvgIpc) is 2.46. The lowest BCUT2D eigenvalue weighted by Crippen LogP contribution is -2.44. The number of rotatable bonds is 2. The largest absolute Gasteiger partial charge is 0.477 e. The van der Waals surface area contributed by atoms with E-state index in [9.17, 15) is 18.7 Å². The van der Waals surface area contributed by atoms with Crippen molar-refractivity contribution in [2.24, 2.45) is 0 Å². The van der Waals surface area contributed by atoms with Crippen LogP contribution in [-0.4, -0.2) is 54.2 Å². The van der Waals surface area contributed by atoms with Gasteiger partial charge in [0, 0.05) is 38.3 Å². The Kier molecular flexibility index (Phi) is 3.66. The summed E-state index contributed by atoms with van der Waals surface area (Å²) in [7, 11) is 1.99. The number of halogens is 2. The van der Waals surface area contributed by atoms with Crippen LogP contribution in [0.2, 0.25) is 0 Å². The second kappa shape index (κ2) is 5.49. The Morgan fingerprint density at radius 3 is 2.50 bits per heavy atom. The summed E-state index contributed by atoms with van der Waals surface area (Å²) in [6, 6.07) is 3.21. The van der Waals surface area contributed by atoms with Crippen LogP contribution in [0.4, 0.5) is 14.5 Å². The second-order valence-corrected chi connectivity index (χ2v) is 5.40. The van der Waals surface area contributed by atoms with E-state index in [1.807, 2.05) is 11.9 Å². The summed E-state index contributed by atoms with van der Waals surface area (Å²) in [5, 5.41) is 9.33. The number of carboxylic acid groups (broad SMARTS) is 1. The highest BCUT2D eigenvalue weighted by atomic mass is 19.1. The predicted octanol–water partition coefficient (Wildman–Crippen LogP) is 1.96. The third-order valence-electron chi connectivity index (χ3n) is 3.87. The number of piperazine rings is 1. The third-order valence-corrected chi connectivity index (χ3v) is 3.87. The van der Waals surface area contributed by atoms with E-state index in [-0.39, 0.29) is 16.6 Å². The molecule has 1 aliphatic heterocycles. The van der Waals surface area contributed by atoms with Crippen LogP contribution in [0.1, 0.15) is 10.5 Å². The highest BCUT2D eigenvalue weighted by Crippen LogP contribution is 2.30. The van der Waals surface area contributed by atoms with Gasteiger partial charge in [0.05, 0.1) is 16.6 Å². The zero-order chi connectivity index (χ0) is 15.9. The number of nitrogens with zero attached hydrogens (tertiary/aromatic N) is 3. The monoisotopic (exact) mass is 307 g/mol. The molecule has 1 saturated heterocycles. The molecule has 2 aromatic rings. The molecule has 1 fully saturated rings. The molecule has 0 radical (unpaired) electrons. The number of carbonyl (C=O) groups is 1. The summed E-state index contributed by atoms with van der Waals surface area (Å²) in [5.41, 5.74) is 0.255. The van der Waals surface area contributed by atoms with Gasteiger partial charge in [0.1, 0.15) is 11.6 Å². The number of pyridine rings is 1. The van der Waals surface area contributed by atoms with Crippen LogP contribution in [0.15, 0.2) is 18.2 Å². The SMILES string of the molecule is CN1CCN(c2cc(C(=O)O)nc3cc(F)cc(F)c23)CC1. The lowest BCUT2D eigenvalue weighted by atomic mass is 10.1. The van der Waals surface area contributed by atoms with E-state index in [1.165, 1.54) is 6.07 Å². The fourth-order valence-corrected chi connectivity index (χ4v) is 2.67. The lowest BCUT2D eigenvalue weighted by Gasteiger charge is -2.34. The number of anilines is 1. The van der Waals surface area contributed by atoms with Crippen molar-refractivity contribution in [1.29, 1.82) is 0 Å². The lowest BCUT2D eigenvalue weighted by molar-refractivity contribution is 0.0691. The molecule has 0 amide bonds. The molecule has 0 spiro atoms. The highest BCUT2D eigenvalue weighted by Gasteiger charge is 2.21. The Labute approximate surface area is 125 Å². The zero-order valence-electron chi connectivity index (χ0n) is 12.0. The fourth-order valence-electron chi connectivity index (χ4n) is 2.67. The van der Waals surface area contributed by atoms with Gasteiger partial charge >= 0.3 is 5.97 Å². The molecule has 22 heavy (non-hydrogen) atoms. The normalized spacial score (nSPS) is 16.2. The van der Waals surface area contributed by atoms with Gasteiger partial charge in [-0.1, -0.05) is 0 Å². The summed E-state index contributed by atoms with van der Waals surface area (Å²) < 4.78 is 27.6. The number of hydrogen-bond donors (Lipinski definition) is 1. The van der Waals surface area contributed by atoms with Gasteiger partial charge in [-0.15, -0.1) is 0 Å². The minimum atomic E-state index is -1.22. The maximum atomic E-state index is 14.2. The quantitative estimate of drug-likeness (QED) is 0.919. The Hall–Kier alpha value is -2.28. The summed E-state index contributed by atoms with van der Waals surface area (Å²) >= 11 is 0. The number of benzene rings is 1. The average molecular weight is 307 g/mol. The highest BCUT2D eigenvalue weighted by molar-refractivity contribution is 5.97. The molecule has 1 N–H and O–H groups in total. The first kappa shape index (κ1) is 14.6. The fraction of sp³-hybridized carbons (Fsp3) is 0.333. The molecule has 0 unspecified atom stereocenters. The summed E-state index contributed by atoms with van der Waals surface area (Å²) in [5.74, 6) is -2.72. The minimum Gasteiger partial charge on any atom is -0.477 e. The van der Waals surface area contributed by atoms with Gasteiger partial charge in [0.2, 0.25) is 0 Å². The first-order valence-corrected chi connectivity index (χ1v) is 6.92. The van der Waals surface area contributed by atoms with E-state index in [2.05, 4.69) is 9.88 Å². The van der Waals surface area contributed by atoms with Crippen molar-refractivity contribution < 1.29 is 18.7 Å². The van der Waals surface area contributed by atoms with E-state index in [0.717, 1.165) is 25.2 Å². The van der Waals surface area contributed by atoms with Crippen molar-refractivity contribution >= 4 is 22.6 Å². The molecule has 0 atom stereocenters. The van der Waals surface area contributed by atoms with Gasteiger partial charge in [-0.2, -0.15) is 0 Å². The van der Waals surface area contributed by atoms with Gasteiger partial charge in [-0.25, -0.2) is 18.6 Å². The van der Waals surface area contributed by atoms with E-state index < -0.39 is 17.6 Å². The number of hydrogen-bond acceptors (Lipinski definition) is 4. The number of fused-ring (bicyclic) bond motifs is 1. The van der Waals surface area contributed by atoms with Crippen molar-refractivity contribution in [3.63, 3.8) is 0 Å². The van der Waals surface area contributed by atoms with Gasteiger partial charge in [-0.3, -0.25) is 0 Å². The summed E-state index contributed by atoms with van der Waals surface area (Å²) in [6.45, 7) is 2.86. The Bertz CT molecular complexity index is 743. The van der Waals surface area contributed by atoms with Crippen LogP contribution in [0.3, 0.4) is 0 Å². The molecule has 2 heterocycles.